The lowest BCUT2D eigenvalue weighted by molar-refractivity contribution is -0.0300. The van der Waals surface area contributed by atoms with E-state index in [0.29, 0.717) is 6.42 Å². The maximum atomic E-state index is 9.70. The SMILES string of the molecule is OC[C@@H]1C(O)C(O)[C@H]2[C@H](O)CCCN12. The van der Waals surface area contributed by atoms with Gasteiger partial charge < -0.3 is 20.4 Å². The van der Waals surface area contributed by atoms with Gasteiger partial charge in [-0.1, -0.05) is 0 Å². The molecule has 82 valence electrons. The zero-order valence-electron chi connectivity index (χ0n) is 7.95. The Labute approximate surface area is 82.6 Å². The largest absolute Gasteiger partial charge is 0.395 e. The summed E-state index contributed by atoms with van der Waals surface area (Å²) in [6, 6.07) is -0.833. The molecule has 5 atom stereocenters. The van der Waals surface area contributed by atoms with Crippen molar-refractivity contribution in [1.82, 2.24) is 4.90 Å². The lowest BCUT2D eigenvalue weighted by Gasteiger charge is -2.36. The van der Waals surface area contributed by atoms with Gasteiger partial charge in [-0.2, -0.15) is 0 Å². The number of hydrogen-bond donors (Lipinski definition) is 4. The van der Waals surface area contributed by atoms with E-state index in [4.69, 9.17) is 5.11 Å². The molecule has 5 heteroatoms. The Kier molecular flexibility index (Phi) is 2.77. The van der Waals surface area contributed by atoms with Crippen LogP contribution in [0, 0.1) is 0 Å². The Morgan fingerprint density at radius 3 is 2.50 bits per heavy atom. The van der Waals surface area contributed by atoms with Gasteiger partial charge in [-0.15, -0.1) is 0 Å². The molecule has 0 saturated carbocycles. The first kappa shape index (κ1) is 10.3. The second kappa shape index (κ2) is 3.75. The minimum Gasteiger partial charge on any atom is -0.395 e. The molecule has 2 heterocycles. The molecule has 0 spiro atoms. The van der Waals surface area contributed by atoms with Crippen molar-refractivity contribution in [2.45, 2.75) is 43.2 Å². The van der Waals surface area contributed by atoms with Crippen molar-refractivity contribution in [3.63, 3.8) is 0 Å². The molecule has 2 fully saturated rings. The van der Waals surface area contributed by atoms with Crippen LogP contribution in [0.25, 0.3) is 0 Å². The maximum absolute atomic E-state index is 9.70. The van der Waals surface area contributed by atoms with Crippen molar-refractivity contribution in [3.8, 4) is 0 Å². The maximum Gasteiger partial charge on any atom is 0.0995 e. The average Bonchev–Trinajstić information content (AvgIpc) is 2.41. The Balaban J connectivity index is 2.19. The molecule has 0 radical (unpaired) electrons. The Morgan fingerprint density at radius 2 is 1.86 bits per heavy atom. The summed E-state index contributed by atoms with van der Waals surface area (Å²) in [7, 11) is 0. The zero-order chi connectivity index (χ0) is 10.3. The van der Waals surface area contributed by atoms with E-state index in [1.165, 1.54) is 0 Å². The highest BCUT2D eigenvalue weighted by atomic mass is 16.3. The fourth-order valence-electron chi connectivity index (χ4n) is 2.67. The summed E-state index contributed by atoms with van der Waals surface area (Å²) in [4.78, 5) is 1.82. The summed E-state index contributed by atoms with van der Waals surface area (Å²) in [5, 5.41) is 38.1. The molecule has 0 aliphatic carbocycles. The van der Waals surface area contributed by atoms with Crippen LogP contribution in [0.4, 0.5) is 0 Å². The summed E-state index contributed by atoms with van der Waals surface area (Å²) >= 11 is 0. The quantitative estimate of drug-likeness (QED) is 0.393. The van der Waals surface area contributed by atoms with Gasteiger partial charge in [0.1, 0.15) is 0 Å². The number of hydrogen-bond acceptors (Lipinski definition) is 5. The molecule has 2 aliphatic rings. The molecule has 14 heavy (non-hydrogen) atoms. The van der Waals surface area contributed by atoms with Gasteiger partial charge >= 0.3 is 0 Å². The third kappa shape index (κ3) is 1.36. The van der Waals surface area contributed by atoms with Crippen molar-refractivity contribution < 1.29 is 20.4 Å². The van der Waals surface area contributed by atoms with E-state index >= 15 is 0 Å². The van der Waals surface area contributed by atoms with Crippen LogP contribution in [0.1, 0.15) is 12.8 Å². The van der Waals surface area contributed by atoms with Gasteiger partial charge in [0.05, 0.1) is 37.0 Å². The highest BCUT2D eigenvalue weighted by Gasteiger charge is 2.51. The van der Waals surface area contributed by atoms with E-state index in [1.807, 2.05) is 4.90 Å². The van der Waals surface area contributed by atoms with Gasteiger partial charge in [0.15, 0.2) is 0 Å². The van der Waals surface area contributed by atoms with Crippen LogP contribution in [-0.4, -0.2) is 68.9 Å². The van der Waals surface area contributed by atoms with Crippen molar-refractivity contribution in [2.75, 3.05) is 13.2 Å². The fourth-order valence-corrected chi connectivity index (χ4v) is 2.67. The molecule has 4 N–H and O–H groups in total. The molecule has 2 unspecified atom stereocenters. The topological polar surface area (TPSA) is 84.2 Å². The molecule has 2 aliphatic heterocycles. The van der Waals surface area contributed by atoms with Gasteiger partial charge in [-0.3, -0.25) is 4.90 Å². The van der Waals surface area contributed by atoms with Crippen LogP contribution in [0.15, 0.2) is 0 Å². The number of rotatable bonds is 1. The van der Waals surface area contributed by atoms with Gasteiger partial charge in [0.2, 0.25) is 0 Å². The van der Waals surface area contributed by atoms with Crippen molar-refractivity contribution in [1.29, 1.82) is 0 Å². The van der Waals surface area contributed by atoms with Crippen LogP contribution in [0.3, 0.4) is 0 Å². The lowest BCUT2D eigenvalue weighted by Crippen LogP contribution is -2.51. The van der Waals surface area contributed by atoms with Crippen molar-refractivity contribution >= 4 is 0 Å². The Bertz CT molecular complexity index is 213. The van der Waals surface area contributed by atoms with E-state index in [-0.39, 0.29) is 6.61 Å². The number of nitrogens with zero attached hydrogens (tertiary/aromatic N) is 1. The first-order valence-corrected chi connectivity index (χ1v) is 5.07. The molecule has 0 aromatic heterocycles. The van der Waals surface area contributed by atoms with E-state index in [2.05, 4.69) is 0 Å². The van der Waals surface area contributed by atoms with E-state index < -0.39 is 30.4 Å². The summed E-state index contributed by atoms with van der Waals surface area (Å²) in [6.45, 7) is 0.544. The van der Waals surface area contributed by atoms with Crippen LogP contribution in [0.2, 0.25) is 0 Å². The standard InChI is InChI=1S/C9H17NO4/c11-4-5-8(13)9(14)7-6(12)2-1-3-10(5)7/h5-9,11-14H,1-4H2/t5-,6-,7-,8?,9?/m1/s1. The normalized spacial score (nSPS) is 49.3. The first-order valence-electron chi connectivity index (χ1n) is 5.07. The van der Waals surface area contributed by atoms with Crippen LogP contribution in [-0.2, 0) is 0 Å². The van der Waals surface area contributed by atoms with Gasteiger partial charge in [0, 0.05) is 0 Å². The predicted molar refractivity (Wildman–Crippen MR) is 48.6 cm³/mol. The van der Waals surface area contributed by atoms with Crippen LogP contribution >= 0.6 is 0 Å². The molecule has 0 aromatic carbocycles. The summed E-state index contributed by atoms with van der Waals surface area (Å²) in [5.74, 6) is 0. The zero-order valence-corrected chi connectivity index (χ0v) is 7.95. The summed E-state index contributed by atoms with van der Waals surface area (Å²) in [6.07, 6.45) is -0.985. The molecule has 5 nitrogen and oxygen atoms in total. The number of fused-ring (bicyclic) bond motifs is 1. The van der Waals surface area contributed by atoms with E-state index in [0.717, 1.165) is 13.0 Å². The third-order valence-electron chi connectivity index (χ3n) is 3.40. The highest BCUT2D eigenvalue weighted by Crippen LogP contribution is 2.32. The second-order valence-corrected chi connectivity index (χ2v) is 4.17. The van der Waals surface area contributed by atoms with Crippen molar-refractivity contribution in [3.05, 3.63) is 0 Å². The number of aliphatic hydroxyl groups is 4. The van der Waals surface area contributed by atoms with Gasteiger partial charge in [-0.05, 0) is 19.4 Å². The van der Waals surface area contributed by atoms with E-state index in [1.54, 1.807) is 0 Å². The molecule has 2 saturated heterocycles. The minimum atomic E-state index is -0.947. The molecule has 0 amide bonds. The second-order valence-electron chi connectivity index (χ2n) is 4.17. The smallest absolute Gasteiger partial charge is 0.0995 e. The monoisotopic (exact) mass is 203 g/mol. The van der Waals surface area contributed by atoms with E-state index in [9.17, 15) is 15.3 Å². The molecule has 0 bridgehead atoms. The fraction of sp³-hybridized carbons (Fsp3) is 1.00. The molecular weight excluding hydrogens is 186 g/mol. The number of piperidine rings is 1. The lowest BCUT2D eigenvalue weighted by atomic mass is 9.97. The minimum absolute atomic E-state index is 0.179. The Morgan fingerprint density at radius 1 is 1.14 bits per heavy atom. The van der Waals surface area contributed by atoms with Gasteiger partial charge in [-0.25, -0.2) is 0 Å². The summed E-state index contributed by atoms with van der Waals surface area (Å²) in [5.41, 5.74) is 0. The molecule has 0 aromatic rings. The van der Waals surface area contributed by atoms with Crippen LogP contribution in [0.5, 0.6) is 0 Å². The van der Waals surface area contributed by atoms with Crippen molar-refractivity contribution in [2.24, 2.45) is 0 Å². The Hall–Kier alpha value is -0.200. The average molecular weight is 203 g/mol. The molecule has 2 rings (SSSR count). The molecular formula is C9H17NO4. The van der Waals surface area contributed by atoms with Gasteiger partial charge in [0.25, 0.3) is 0 Å². The summed E-state index contributed by atoms with van der Waals surface area (Å²) < 4.78 is 0. The third-order valence-corrected chi connectivity index (χ3v) is 3.40. The highest BCUT2D eigenvalue weighted by molar-refractivity contribution is 5.05. The predicted octanol–water partition coefficient (Wildman–Crippen LogP) is -2.09. The van der Waals surface area contributed by atoms with Crippen LogP contribution < -0.4 is 0 Å². The number of aliphatic hydroxyl groups excluding tert-OH is 4. The first-order chi connectivity index (χ1) is 6.66.